The molecule has 0 saturated heterocycles. The molecule has 1 atom stereocenters. The normalized spacial score (nSPS) is 12.4. The lowest BCUT2D eigenvalue weighted by Crippen LogP contribution is -2.20. The molecule has 2 aromatic carbocycles. The molecule has 17 heavy (non-hydrogen) atoms. The summed E-state index contributed by atoms with van der Waals surface area (Å²) in [6.07, 6.45) is 0. The van der Waals surface area contributed by atoms with Gasteiger partial charge >= 0.3 is 5.97 Å². The SMILES string of the molecule is COc1ccc([C@@H](N)C(=O)O)c2ccccc12. The fourth-order valence-electron chi connectivity index (χ4n) is 1.88. The number of hydrogen-bond acceptors (Lipinski definition) is 3. The molecule has 3 N–H and O–H groups in total. The molecule has 0 amide bonds. The Morgan fingerprint density at radius 2 is 1.88 bits per heavy atom. The number of ether oxygens (including phenoxy) is 1. The maximum absolute atomic E-state index is 10.9. The second kappa shape index (κ2) is 4.43. The minimum absolute atomic E-state index is 0.592. The van der Waals surface area contributed by atoms with E-state index >= 15 is 0 Å². The van der Waals surface area contributed by atoms with Gasteiger partial charge in [0, 0.05) is 5.39 Å². The molecule has 0 aliphatic carbocycles. The van der Waals surface area contributed by atoms with E-state index < -0.39 is 12.0 Å². The van der Waals surface area contributed by atoms with Crippen LogP contribution < -0.4 is 10.5 Å². The molecule has 0 fully saturated rings. The van der Waals surface area contributed by atoms with Crippen LogP contribution in [0.4, 0.5) is 0 Å². The van der Waals surface area contributed by atoms with E-state index in [-0.39, 0.29) is 0 Å². The molecule has 0 aliphatic heterocycles. The van der Waals surface area contributed by atoms with Crippen molar-refractivity contribution < 1.29 is 14.6 Å². The average Bonchev–Trinajstić information content (AvgIpc) is 2.36. The first kappa shape index (κ1) is 11.4. The van der Waals surface area contributed by atoms with Crippen LogP contribution in [0.5, 0.6) is 5.75 Å². The summed E-state index contributed by atoms with van der Waals surface area (Å²) in [6.45, 7) is 0. The van der Waals surface area contributed by atoms with Gasteiger partial charge in [0.25, 0.3) is 0 Å². The highest BCUT2D eigenvalue weighted by Crippen LogP contribution is 2.30. The fraction of sp³-hybridized carbons (Fsp3) is 0.154. The molecule has 0 heterocycles. The van der Waals surface area contributed by atoms with Crippen LogP contribution in [0.25, 0.3) is 10.8 Å². The van der Waals surface area contributed by atoms with Gasteiger partial charge in [-0.2, -0.15) is 0 Å². The summed E-state index contributed by atoms with van der Waals surface area (Å²) in [5.41, 5.74) is 6.25. The molecule has 0 radical (unpaired) electrons. The number of carboxylic acid groups (broad SMARTS) is 1. The third-order valence-corrected chi connectivity index (χ3v) is 2.74. The molecule has 0 unspecified atom stereocenters. The first-order chi connectivity index (χ1) is 8.15. The van der Waals surface area contributed by atoms with Crippen LogP contribution in [-0.4, -0.2) is 18.2 Å². The van der Waals surface area contributed by atoms with Crippen LogP contribution in [0.3, 0.4) is 0 Å². The summed E-state index contributed by atoms with van der Waals surface area (Å²) in [4.78, 5) is 10.9. The lowest BCUT2D eigenvalue weighted by molar-refractivity contribution is -0.138. The Morgan fingerprint density at radius 3 is 2.47 bits per heavy atom. The monoisotopic (exact) mass is 231 g/mol. The van der Waals surface area contributed by atoms with Gasteiger partial charge < -0.3 is 15.6 Å². The number of benzene rings is 2. The summed E-state index contributed by atoms with van der Waals surface area (Å²) in [6, 6.07) is 9.86. The Balaban J connectivity index is 2.70. The van der Waals surface area contributed by atoms with Crippen molar-refractivity contribution in [2.45, 2.75) is 6.04 Å². The van der Waals surface area contributed by atoms with Gasteiger partial charge in [0.05, 0.1) is 7.11 Å². The Bertz CT molecular complexity index is 566. The zero-order valence-electron chi connectivity index (χ0n) is 9.38. The van der Waals surface area contributed by atoms with Gasteiger partial charge in [-0.3, -0.25) is 4.79 Å². The van der Waals surface area contributed by atoms with Crippen molar-refractivity contribution in [3.8, 4) is 5.75 Å². The number of fused-ring (bicyclic) bond motifs is 1. The van der Waals surface area contributed by atoms with Crippen molar-refractivity contribution >= 4 is 16.7 Å². The van der Waals surface area contributed by atoms with Gasteiger partial charge in [0.15, 0.2) is 0 Å². The summed E-state index contributed by atoms with van der Waals surface area (Å²) < 4.78 is 5.23. The first-order valence-corrected chi connectivity index (χ1v) is 5.19. The predicted molar refractivity (Wildman–Crippen MR) is 65.1 cm³/mol. The highest BCUT2D eigenvalue weighted by Gasteiger charge is 2.17. The highest BCUT2D eigenvalue weighted by molar-refractivity contribution is 5.94. The lowest BCUT2D eigenvalue weighted by Gasteiger charge is -2.13. The standard InChI is InChI=1S/C13H13NO3/c1-17-11-7-6-10(12(14)13(15)16)8-4-2-3-5-9(8)11/h2-7,12H,14H2,1H3,(H,15,16)/t12-/m1/s1. The second-order valence-corrected chi connectivity index (χ2v) is 3.72. The molecule has 4 heteroatoms. The van der Waals surface area contributed by atoms with E-state index in [1.165, 1.54) is 0 Å². The molecule has 88 valence electrons. The van der Waals surface area contributed by atoms with Gasteiger partial charge in [-0.25, -0.2) is 0 Å². The zero-order valence-corrected chi connectivity index (χ0v) is 9.38. The largest absolute Gasteiger partial charge is 0.496 e. The quantitative estimate of drug-likeness (QED) is 0.846. The zero-order chi connectivity index (χ0) is 12.4. The number of nitrogens with two attached hydrogens (primary N) is 1. The molecule has 2 aromatic rings. The minimum atomic E-state index is -1.04. The van der Waals surface area contributed by atoms with Gasteiger partial charge in [0.2, 0.25) is 0 Å². The molecule has 2 rings (SSSR count). The van der Waals surface area contributed by atoms with E-state index in [4.69, 9.17) is 15.6 Å². The van der Waals surface area contributed by atoms with Crippen molar-refractivity contribution in [3.05, 3.63) is 42.0 Å². The highest BCUT2D eigenvalue weighted by atomic mass is 16.5. The maximum atomic E-state index is 10.9. The third-order valence-electron chi connectivity index (χ3n) is 2.74. The number of hydrogen-bond donors (Lipinski definition) is 2. The summed E-state index contributed by atoms with van der Waals surface area (Å²) in [5, 5.41) is 10.6. The molecule has 0 aliphatic rings. The summed E-state index contributed by atoms with van der Waals surface area (Å²) in [7, 11) is 1.58. The molecular weight excluding hydrogens is 218 g/mol. The predicted octanol–water partition coefficient (Wildman–Crippen LogP) is 1.93. The second-order valence-electron chi connectivity index (χ2n) is 3.72. The Hall–Kier alpha value is -2.07. The fourth-order valence-corrected chi connectivity index (χ4v) is 1.88. The van der Waals surface area contributed by atoms with E-state index in [2.05, 4.69) is 0 Å². The molecule has 0 spiro atoms. The third kappa shape index (κ3) is 1.94. The van der Waals surface area contributed by atoms with Gasteiger partial charge in [-0.05, 0) is 17.0 Å². The van der Waals surface area contributed by atoms with Crippen LogP contribution in [0.15, 0.2) is 36.4 Å². The van der Waals surface area contributed by atoms with Gasteiger partial charge in [0.1, 0.15) is 11.8 Å². The number of methoxy groups -OCH3 is 1. The van der Waals surface area contributed by atoms with Crippen LogP contribution >= 0.6 is 0 Å². The van der Waals surface area contributed by atoms with Crippen LogP contribution in [0.1, 0.15) is 11.6 Å². The molecule has 0 bridgehead atoms. The van der Waals surface area contributed by atoms with Crippen molar-refractivity contribution in [2.24, 2.45) is 5.73 Å². The van der Waals surface area contributed by atoms with Crippen molar-refractivity contribution in [1.29, 1.82) is 0 Å². The lowest BCUT2D eigenvalue weighted by atomic mass is 9.98. The Morgan fingerprint density at radius 1 is 1.24 bits per heavy atom. The van der Waals surface area contributed by atoms with Gasteiger partial charge in [-0.1, -0.05) is 30.3 Å². The van der Waals surface area contributed by atoms with Gasteiger partial charge in [-0.15, -0.1) is 0 Å². The number of carbonyl (C=O) groups is 1. The van der Waals surface area contributed by atoms with Crippen LogP contribution in [-0.2, 0) is 4.79 Å². The van der Waals surface area contributed by atoms with E-state index in [0.717, 1.165) is 10.8 Å². The van der Waals surface area contributed by atoms with Crippen molar-refractivity contribution in [2.75, 3.05) is 7.11 Å². The van der Waals surface area contributed by atoms with Crippen molar-refractivity contribution in [1.82, 2.24) is 0 Å². The molecule has 0 aromatic heterocycles. The number of aliphatic carboxylic acids is 1. The average molecular weight is 231 g/mol. The molecular formula is C13H13NO3. The first-order valence-electron chi connectivity index (χ1n) is 5.19. The Labute approximate surface area is 98.6 Å². The van der Waals surface area contributed by atoms with Crippen LogP contribution in [0.2, 0.25) is 0 Å². The van der Waals surface area contributed by atoms with Crippen LogP contribution in [0, 0.1) is 0 Å². The smallest absolute Gasteiger partial charge is 0.325 e. The number of rotatable bonds is 3. The number of carboxylic acids is 1. The van der Waals surface area contributed by atoms with E-state index in [1.54, 1.807) is 19.2 Å². The van der Waals surface area contributed by atoms with E-state index in [0.29, 0.717) is 11.3 Å². The maximum Gasteiger partial charge on any atom is 0.325 e. The minimum Gasteiger partial charge on any atom is -0.496 e. The molecule has 4 nitrogen and oxygen atoms in total. The molecule has 0 saturated carbocycles. The topological polar surface area (TPSA) is 72.5 Å². The summed E-state index contributed by atoms with van der Waals surface area (Å²) in [5.74, 6) is -0.331. The Kier molecular flexibility index (Phi) is 2.97. The van der Waals surface area contributed by atoms with E-state index in [9.17, 15) is 4.79 Å². The summed E-state index contributed by atoms with van der Waals surface area (Å²) >= 11 is 0. The van der Waals surface area contributed by atoms with E-state index in [1.807, 2.05) is 24.3 Å². The van der Waals surface area contributed by atoms with Crippen molar-refractivity contribution in [3.63, 3.8) is 0 Å².